The molecule has 0 unspecified atom stereocenters. The van der Waals surface area contributed by atoms with Crippen molar-refractivity contribution < 1.29 is 9.53 Å². The van der Waals surface area contributed by atoms with Crippen molar-refractivity contribution in [3.05, 3.63) is 42.2 Å². The number of rotatable bonds is 5. The zero-order chi connectivity index (χ0) is 13.7. The predicted octanol–water partition coefficient (Wildman–Crippen LogP) is 2.23. The van der Waals surface area contributed by atoms with Gasteiger partial charge in [0, 0.05) is 12.2 Å². The van der Waals surface area contributed by atoms with E-state index in [1.807, 2.05) is 38.1 Å². The number of anilines is 1. The lowest BCUT2D eigenvalue weighted by atomic mass is 10.2. The molecule has 2 aromatic rings. The number of nitrogens with one attached hydrogen (secondary N) is 1. The molecule has 0 aliphatic carbocycles. The van der Waals surface area contributed by atoms with Gasteiger partial charge in [-0.25, -0.2) is 0 Å². The Morgan fingerprint density at radius 1 is 1.47 bits per heavy atom. The van der Waals surface area contributed by atoms with Gasteiger partial charge in [-0.2, -0.15) is 5.10 Å². The molecular formula is C14H17N3O2. The fourth-order valence-electron chi connectivity index (χ4n) is 1.66. The smallest absolute Gasteiger partial charge is 0.262 e. The first-order valence-corrected chi connectivity index (χ1v) is 6.19. The summed E-state index contributed by atoms with van der Waals surface area (Å²) in [4.78, 5) is 11.7. The summed E-state index contributed by atoms with van der Waals surface area (Å²) in [6.45, 7) is 4.72. The molecule has 5 nitrogen and oxygen atoms in total. The summed E-state index contributed by atoms with van der Waals surface area (Å²) in [5, 5.41) is 6.85. The maximum atomic E-state index is 11.7. The normalized spacial score (nSPS) is 10.2. The Morgan fingerprint density at radius 3 is 3.00 bits per heavy atom. The van der Waals surface area contributed by atoms with Crippen molar-refractivity contribution in [3.8, 4) is 5.75 Å². The standard InChI is InChI=1S/C14H17N3O2/c1-3-17-9-13(8-15-17)19-10-14(18)16-12-6-4-5-11(2)7-12/h4-9H,3,10H2,1-2H3,(H,16,18). The molecular weight excluding hydrogens is 242 g/mol. The van der Waals surface area contributed by atoms with Crippen molar-refractivity contribution in [1.82, 2.24) is 9.78 Å². The van der Waals surface area contributed by atoms with Crippen LogP contribution in [0.15, 0.2) is 36.7 Å². The van der Waals surface area contributed by atoms with E-state index < -0.39 is 0 Å². The Hall–Kier alpha value is -2.30. The minimum absolute atomic E-state index is 0.0245. The third kappa shape index (κ3) is 3.84. The highest BCUT2D eigenvalue weighted by molar-refractivity contribution is 5.91. The Balaban J connectivity index is 1.84. The Bertz CT molecular complexity index is 563. The average molecular weight is 259 g/mol. The van der Waals surface area contributed by atoms with E-state index in [-0.39, 0.29) is 12.5 Å². The van der Waals surface area contributed by atoms with Gasteiger partial charge in [-0.3, -0.25) is 9.48 Å². The molecule has 0 spiro atoms. The number of carbonyl (C=O) groups excluding carboxylic acids is 1. The molecule has 1 N–H and O–H groups in total. The van der Waals surface area contributed by atoms with Gasteiger partial charge < -0.3 is 10.1 Å². The van der Waals surface area contributed by atoms with E-state index in [4.69, 9.17) is 4.74 Å². The molecule has 100 valence electrons. The fraction of sp³-hybridized carbons (Fsp3) is 0.286. The summed E-state index contributed by atoms with van der Waals surface area (Å²) in [6, 6.07) is 7.63. The Kier molecular flexibility index (Phi) is 4.18. The summed E-state index contributed by atoms with van der Waals surface area (Å²) in [6.07, 6.45) is 3.36. The number of hydrogen-bond acceptors (Lipinski definition) is 3. The molecule has 0 atom stereocenters. The highest BCUT2D eigenvalue weighted by Crippen LogP contribution is 2.10. The van der Waals surface area contributed by atoms with Crippen molar-refractivity contribution in [1.29, 1.82) is 0 Å². The molecule has 0 bridgehead atoms. The van der Waals surface area contributed by atoms with Crippen LogP contribution in [0.25, 0.3) is 0 Å². The first-order chi connectivity index (χ1) is 9.17. The first kappa shape index (κ1) is 13.1. The molecule has 1 heterocycles. The topological polar surface area (TPSA) is 56.1 Å². The lowest BCUT2D eigenvalue weighted by Crippen LogP contribution is -2.20. The highest BCUT2D eigenvalue weighted by atomic mass is 16.5. The number of aryl methyl sites for hydroxylation is 2. The van der Waals surface area contributed by atoms with Crippen LogP contribution in [0.2, 0.25) is 0 Å². The number of carbonyl (C=O) groups is 1. The average Bonchev–Trinajstić information content (AvgIpc) is 2.84. The summed E-state index contributed by atoms with van der Waals surface area (Å²) >= 11 is 0. The zero-order valence-corrected chi connectivity index (χ0v) is 11.1. The van der Waals surface area contributed by atoms with Crippen LogP contribution in [0, 0.1) is 6.92 Å². The predicted molar refractivity (Wildman–Crippen MR) is 73.2 cm³/mol. The van der Waals surface area contributed by atoms with Gasteiger partial charge in [0.1, 0.15) is 0 Å². The number of benzene rings is 1. The summed E-state index contributed by atoms with van der Waals surface area (Å²) in [5.41, 5.74) is 1.88. The number of ether oxygens (including phenoxy) is 1. The van der Waals surface area contributed by atoms with Crippen LogP contribution >= 0.6 is 0 Å². The SMILES string of the molecule is CCn1cc(OCC(=O)Nc2cccc(C)c2)cn1. The van der Waals surface area contributed by atoms with Gasteiger partial charge >= 0.3 is 0 Å². The highest BCUT2D eigenvalue weighted by Gasteiger charge is 2.05. The van der Waals surface area contributed by atoms with E-state index in [0.29, 0.717) is 5.75 Å². The molecule has 5 heteroatoms. The fourth-order valence-corrected chi connectivity index (χ4v) is 1.66. The van der Waals surface area contributed by atoms with Crippen molar-refractivity contribution in [2.24, 2.45) is 0 Å². The molecule has 1 aromatic carbocycles. The van der Waals surface area contributed by atoms with Crippen molar-refractivity contribution in [3.63, 3.8) is 0 Å². The third-order valence-electron chi connectivity index (χ3n) is 2.61. The number of amides is 1. The molecule has 0 radical (unpaired) electrons. The van der Waals surface area contributed by atoms with Crippen LogP contribution in [0.5, 0.6) is 5.75 Å². The molecule has 1 aromatic heterocycles. The minimum atomic E-state index is -0.185. The minimum Gasteiger partial charge on any atom is -0.480 e. The number of aromatic nitrogens is 2. The Labute approximate surface area is 112 Å². The zero-order valence-electron chi connectivity index (χ0n) is 11.1. The van der Waals surface area contributed by atoms with E-state index in [1.54, 1.807) is 17.1 Å². The van der Waals surface area contributed by atoms with Crippen molar-refractivity contribution >= 4 is 11.6 Å². The number of nitrogens with zero attached hydrogens (tertiary/aromatic N) is 2. The van der Waals surface area contributed by atoms with Crippen LogP contribution in [0.4, 0.5) is 5.69 Å². The van der Waals surface area contributed by atoms with Crippen LogP contribution < -0.4 is 10.1 Å². The van der Waals surface area contributed by atoms with Gasteiger partial charge in [0.15, 0.2) is 12.4 Å². The summed E-state index contributed by atoms with van der Waals surface area (Å²) in [7, 11) is 0. The molecule has 19 heavy (non-hydrogen) atoms. The van der Waals surface area contributed by atoms with Gasteiger partial charge in [-0.15, -0.1) is 0 Å². The lowest BCUT2D eigenvalue weighted by Gasteiger charge is -2.06. The molecule has 2 rings (SSSR count). The molecule has 0 saturated heterocycles. The summed E-state index contributed by atoms with van der Waals surface area (Å²) in [5.74, 6) is 0.413. The van der Waals surface area contributed by atoms with Gasteiger partial charge in [0.25, 0.3) is 5.91 Å². The van der Waals surface area contributed by atoms with Gasteiger partial charge in [0.05, 0.1) is 12.4 Å². The lowest BCUT2D eigenvalue weighted by molar-refractivity contribution is -0.118. The maximum Gasteiger partial charge on any atom is 0.262 e. The van der Waals surface area contributed by atoms with E-state index in [0.717, 1.165) is 17.8 Å². The van der Waals surface area contributed by atoms with Gasteiger partial charge in [-0.05, 0) is 31.5 Å². The van der Waals surface area contributed by atoms with E-state index in [2.05, 4.69) is 10.4 Å². The van der Waals surface area contributed by atoms with Crippen LogP contribution in [0.1, 0.15) is 12.5 Å². The van der Waals surface area contributed by atoms with Crippen LogP contribution in [-0.4, -0.2) is 22.3 Å². The second-order valence-electron chi connectivity index (χ2n) is 4.24. The summed E-state index contributed by atoms with van der Waals surface area (Å²) < 4.78 is 7.10. The van der Waals surface area contributed by atoms with E-state index in [9.17, 15) is 4.79 Å². The third-order valence-corrected chi connectivity index (χ3v) is 2.61. The van der Waals surface area contributed by atoms with Crippen LogP contribution in [-0.2, 0) is 11.3 Å². The van der Waals surface area contributed by atoms with Crippen molar-refractivity contribution in [2.45, 2.75) is 20.4 Å². The molecule has 0 fully saturated rings. The van der Waals surface area contributed by atoms with Gasteiger partial charge in [-0.1, -0.05) is 12.1 Å². The Morgan fingerprint density at radius 2 is 2.32 bits per heavy atom. The molecule has 0 saturated carbocycles. The molecule has 0 aliphatic heterocycles. The first-order valence-electron chi connectivity index (χ1n) is 6.19. The monoisotopic (exact) mass is 259 g/mol. The molecule has 1 amide bonds. The molecule has 0 aliphatic rings. The number of hydrogen-bond donors (Lipinski definition) is 1. The second-order valence-corrected chi connectivity index (χ2v) is 4.24. The van der Waals surface area contributed by atoms with E-state index in [1.165, 1.54) is 0 Å². The largest absolute Gasteiger partial charge is 0.480 e. The van der Waals surface area contributed by atoms with Gasteiger partial charge in [0.2, 0.25) is 0 Å². The maximum absolute atomic E-state index is 11.7. The van der Waals surface area contributed by atoms with Crippen LogP contribution in [0.3, 0.4) is 0 Å². The second kappa shape index (κ2) is 6.04. The van der Waals surface area contributed by atoms with Crippen molar-refractivity contribution in [2.75, 3.05) is 11.9 Å². The van der Waals surface area contributed by atoms with E-state index >= 15 is 0 Å². The quantitative estimate of drug-likeness (QED) is 0.895.